The molecule has 0 spiro atoms. The number of sulfone groups is 1. The van der Waals surface area contributed by atoms with Gasteiger partial charge in [-0.25, -0.2) is 12.8 Å². The van der Waals surface area contributed by atoms with E-state index < -0.39 is 21.6 Å². The lowest BCUT2D eigenvalue weighted by Crippen LogP contribution is -2.10. The van der Waals surface area contributed by atoms with Crippen LogP contribution in [-0.4, -0.2) is 25.6 Å². The first kappa shape index (κ1) is 17.8. The van der Waals surface area contributed by atoms with E-state index in [1.54, 1.807) is 12.3 Å². The van der Waals surface area contributed by atoms with E-state index in [0.717, 1.165) is 40.9 Å². The van der Waals surface area contributed by atoms with Gasteiger partial charge in [-0.2, -0.15) is 0 Å². The first-order valence-corrected chi connectivity index (χ1v) is 9.56. The predicted octanol–water partition coefficient (Wildman–Crippen LogP) is 3.43. The molecule has 0 bridgehead atoms. The lowest BCUT2D eigenvalue weighted by atomic mass is 10.1. The van der Waals surface area contributed by atoms with Crippen LogP contribution in [0.25, 0.3) is 17.0 Å². The summed E-state index contributed by atoms with van der Waals surface area (Å²) in [5, 5.41) is 3.29. The van der Waals surface area contributed by atoms with Crippen molar-refractivity contribution < 1.29 is 17.6 Å². The molecule has 0 saturated carbocycles. The third-order valence-electron chi connectivity index (χ3n) is 3.70. The number of anilines is 1. The summed E-state index contributed by atoms with van der Waals surface area (Å²) in [7, 11) is -3.50. The van der Waals surface area contributed by atoms with Crippen molar-refractivity contribution in [2.45, 2.75) is 4.90 Å². The van der Waals surface area contributed by atoms with Crippen molar-refractivity contribution in [2.75, 3.05) is 11.6 Å². The minimum atomic E-state index is -3.50. The lowest BCUT2D eigenvalue weighted by molar-refractivity contribution is -0.111. The van der Waals surface area contributed by atoms with Gasteiger partial charge in [0.25, 0.3) is 0 Å². The zero-order valence-corrected chi connectivity index (χ0v) is 14.6. The normalized spacial score (nSPS) is 11.8. The molecule has 1 N–H and O–H groups in total. The maximum atomic E-state index is 13.8. The molecule has 3 rings (SSSR count). The maximum Gasteiger partial charge on any atom is 0.248 e. The van der Waals surface area contributed by atoms with Crippen LogP contribution in [-0.2, 0) is 14.6 Å². The van der Waals surface area contributed by atoms with Crippen LogP contribution in [0, 0.1) is 5.82 Å². The number of nitrogens with one attached hydrogen (secondary N) is 1. The quantitative estimate of drug-likeness (QED) is 0.564. The van der Waals surface area contributed by atoms with E-state index in [-0.39, 0.29) is 10.6 Å². The van der Waals surface area contributed by atoms with E-state index in [0.29, 0.717) is 0 Å². The van der Waals surface area contributed by atoms with E-state index in [9.17, 15) is 17.6 Å². The molecule has 7 heteroatoms. The summed E-state index contributed by atoms with van der Waals surface area (Å²) >= 11 is 0. The monoisotopic (exact) mass is 370 g/mol. The summed E-state index contributed by atoms with van der Waals surface area (Å²) < 4.78 is 37.0. The van der Waals surface area contributed by atoms with Gasteiger partial charge in [-0.3, -0.25) is 9.78 Å². The number of nitrogens with zero attached hydrogens (tertiary/aromatic N) is 1. The number of hydrogen-bond acceptors (Lipinski definition) is 4. The topological polar surface area (TPSA) is 76.1 Å². The maximum absolute atomic E-state index is 13.8. The van der Waals surface area contributed by atoms with Gasteiger partial charge in [0.2, 0.25) is 5.91 Å². The number of amides is 1. The largest absolute Gasteiger partial charge is 0.320 e. The van der Waals surface area contributed by atoms with Crippen molar-refractivity contribution >= 4 is 38.4 Å². The Morgan fingerprint density at radius 1 is 1.15 bits per heavy atom. The summed E-state index contributed by atoms with van der Waals surface area (Å²) in [5.41, 5.74) is 1.28. The molecule has 0 aliphatic carbocycles. The van der Waals surface area contributed by atoms with Crippen molar-refractivity contribution in [3.8, 4) is 0 Å². The Labute approximate surface area is 150 Å². The van der Waals surface area contributed by atoms with Gasteiger partial charge in [0, 0.05) is 29.5 Å². The summed E-state index contributed by atoms with van der Waals surface area (Å²) in [6, 6.07) is 12.5. The first-order valence-electron chi connectivity index (χ1n) is 7.67. The van der Waals surface area contributed by atoms with Crippen LogP contribution < -0.4 is 5.32 Å². The van der Waals surface area contributed by atoms with E-state index in [2.05, 4.69) is 10.3 Å². The molecule has 132 valence electrons. The molecule has 0 aliphatic rings. The zero-order valence-electron chi connectivity index (χ0n) is 13.8. The van der Waals surface area contributed by atoms with Crippen LogP contribution in [0.3, 0.4) is 0 Å². The molecule has 1 aromatic heterocycles. The fourth-order valence-electron chi connectivity index (χ4n) is 2.43. The molecule has 5 nitrogen and oxygen atoms in total. The fraction of sp³-hybridized carbons (Fsp3) is 0.0526. The highest BCUT2D eigenvalue weighted by atomic mass is 32.2. The number of carbonyl (C=O) groups excluding carboxylic acids is 1. The molecular weight excluding hydrogens is 355 g/mol. The molecule has 2 aromatic carbocycles. The van der Waals surface area contributed by atoms with Gasteiger partial charge >= 0.3 is 0 Å². The average molecular weight is 370 g/mol. The number of pyridine rings is 1. The second kappa shape index (κ2) is 7.05. The van der Waals surface area contributed by atoms with Gasteiger partial charge in [0.1, 0.15) is 5.82 Å². The van der Waals surface area contributed by atoms with Gasteiger partial charge in [-0.15, -0.1) is 0 Å². The van der Waals surface area contributed by atoms with Crippen LogP contribution in [0.15, 0.2) is 65.7 Å². The molecule has 26 heavy (non-hydrogen) atoms. The van der Waals surface area contributed by atoms with E-state index in [1.165, 1.54) is 6.08 Å². The summed E-state index contributed by atoms with van der Waals surface area (Å²) in [6.45, 7) is 0. The second-order valence-corrected chi connectivity index (χ2v) is 7.67. The van der Waals surface area contributed by atoms with E-state index in [4.69, 9.17) is 0 Å². The van der Waals surface area contributed by atoms with Crippen molar-refractivity contribution in [1.29, 1.82) is 0 Å². The molecule has 3 aromatic rings. The Morgan fingerprint density at radius 2 is 1.92 bits per heavy atom. The third-order valence-corrected chi connectivity index (χ3v) is 4.81. The fourth-order valence-corrected chi connectivity index (χ4v) is 3.08. The summed E-state index contributed by atoms with van der Waals surface area (Å²) in [6.07, 6.45) is 5.49. The summed E-state index contributed by atoms with van der Waals surface area (Å²) in [4.78, 5) is 16.3. The molecule has 0 fully saturated rings. The molecular formula is C19H15FN2O3S. The first-order chi connectivity index (χ1) is 12.3. The van der Waals surface area contributed by atoms with Crippen LogP contribution in [0.4, 0.5) is 10.1 Å². The van der Waals surface area contributed by atoms with Crippen molar-refractivity contribution in [3.05, 3.63) is 72.2 Å². The van der Waals surface area contributed by atoms with Crippen molar-refractivity contribution in [3.63, 3.8) is 0 Å². The van der Waals surface area contributed by atoms with Gasteiger partial charge < -0.3 is 5.32 Å². The number of carbonyl (C=O) groups is 1. The highest BCUT2D eigenvalue weighted by Gasteiger charge is 2.12. The SMILES string of the molecule is CS(=O)(=O)c1ccc(F)c(NC(=O)/C=C/c2cccc3cccnc23)c1. The smallest absolute Gasteiger partial charge is 0.248 e. The average Bonchev–Trinajstić information content (AvgIpc) is 2.61. The van der Waals surface area contributed by atoms with E-state index in [1.807, 2.05) is 30.3 Å². The van der Waals surface area contributed by atoms with Crippen LogP contribution in [0.2, 0.25) is 0 Å². The van der Waals surface area contributed by atoms with Crippen LogP contribution in [0.5, 0.6) is 0 Å². The van der Waals surface area contributed by atoms with Gasteiger partial charge in [0.05, 0.1) is 16.1 Å². The van der Waals surface area contributed by atoms with Crippen LogP contribution >= 0.6 is 0 Å². The van der Waals surface area contributed by atoms with Crippen molar-refractivity contribution in [2.24, 2.45) is 0 Å². The molecule has 0 saturated heterocycles. The number of rotatable bonds is 4. The lowest BCUT2D eigenvalue weighted by Gasteiger charge is -2.06. The highest BCUT2D eigenvalue weighted by Crippen LogP contribution is 2.20. The molecule has 0 aliphatic heterocycles. The molecule has 0 atom stereocenters. The zero-order chi connectivity index (χ0) is 18.7. The Balaban J connectivity index is 1.84. The second-order valence-electron chi connectivity index (χ2n) is 5.66. The number of halogens is 1. The standard InChI is InChI=1S/C19H15FN2O3S/c1-26(24,25)15-8-9-16(20)17(12-15)22-18(23)10-7-14-5-2-4-13-6-3-11-21-19(13)14/h2-12H,1H3,(H,22,23)/b10-7+. The van der Waals surface area contributed by atoms with Gasteiger partial charge in [-0.05, 0) is 30.3 Å². The third kappa shape index (κ3) is 3.94. The van der Waals surface area contributed by atoms with Gasteiger partial charge in [0.15, 0.2) is 9.84 Å². The number of hydrogen-bond donors (Lipinski definition) is 1. The van der Waals surface area contributed by atoms with Crippen molar-refractivity contribution in [1.82, 2.24) is 4.98 Å². The summed E-state index contributed by atoms with van der Waals surface area (Å²) in [5.74, 6) is -1.30. The Hall–Kier alpha value is -3.06. The molecule has 0 unspecified atom stereocenters. The highest BCUT2D eigenvalue weighted by molar-refractivity contribution is 7.90. The number of benzene rings is 2. The minimum absolute atomic E-state index is 0.0727. The number of para-hydroxylation sites is 1. The Kier molecular flexibility index (Phi) is 4.81. The molecule has 1 amide bonds. The minimum Gasteiger partial charge on any atom is -0.320 e. The van der Waals surface area contributed by atoms with Gasteiger partial charge in [-0.1, -0.05) is 24.3 Å². The number of fused-ring (bicyclic) bond motifs is 1. The Morgan fingerprint density at radius 3 is 2.69 bits per heavy atom. The number of aromatic nitrogens is 1. The Bertz CT molecular complexity index is 1120. The molecule has 1 heterocycles. The molecule has 0 radical (unpaired) electrons. The van der Waals surface area contributed by atoms with E-state index >= 15 is 0 Å². The predicted molar refractivity (Wildman–Crippen MR) is 98.9 cm³/mol. The van der Waals surface area contributed by atoms with Crippen LogP contribution in [0.1, 0.15) is 5.56 Å².